The third-order valence-corrected chi connectivity index (χ3v) is 11.6. The van der Waals surface area contributed by atoms with E-state index >= 15 is 9.59 Å². The maximum absolute atomic E-state index is 15.1. The van der Waals surface area contributed by atoms with Gasteiger partial charge in [-0.2, -0.15) is 0 Å². The molecule has 2 aromatic carbocycles. The minimum atomic E-state index is -1.30. The molecular weight excluding hydrogens is 674 g/mol. The number of fused-ring (bicyclic) bond motifs is 1. The number of hydrogen-bond acceptors (Lipinski definition) is 8. The Kier molecular flexibility index (Phi) is 12.5. The van der Waals surface area contributed by atoms with E-state index in [4.69, 9.17) is 14.2 Å². The summed E-state index contributed by atoms with van der Waals surface area (Å²) < 4.78 is 18.6. The van der Waals surface area contributed by atoms with Crippen molar-refractivity contribution in [1.82, 2.24) is 15.1 Å². The third-order valence-electron chi connectivity index (χ3n) is 11.6. The van der Waals surface area contributed by atoms with Crippen molar-refractivity contribution in [3.63, 3.8) is 0 Å². The molecule has 2 aromatic rings. The van der Waals surface area contributed by atoms with E-state index < -0.39 is 66.3 Å². The van der Waals surface area contributed by atoms with E-state index in [9.17, 15) is 14.7 Å². The molecular formula is C42H53N3O8. The topological polar surface area (TPSA) is 135 Å². The number of carbonyl (C=O) groups excluding carboxylic acids is 4. The molecule has 1 saturated carbocycles. The standard InChI is InChI=1S/C42H53N3O8/c1-4-6-22-34(47)43-31(27-51-3)37(29-18-12-8-13-19-29)52-41(50)35-33-23-24-42(53-33)36(35)39(48)45(32(26-46)28-16-10-7-11-17-28)38(42)40(49)44(25-5-2)30-20-14-9-15-21-30/h4-5,7-8,10-13,16-19,30-33,35-38,46H,1-2,6,9,14-15,20-27H2,3H3,(H,43,47)/t31-,32+,33+,35-,36-,37-,38+,42-/m0/s1. The smallest absolute Gasteiger partial charge is 0.313 e. The zero-order chi connectivity index (χ0) is 37.5. The summed E-state index contributed by atoms with van der Waals surface area (Å²) in [5.41, 5.74) is 0.0271. The Morgan fingerprint density at radius 1 is 1.02 bits per heavy atom. The van der Waals surface area contributed by atoms with E-state index in [0.29, 0.717) is 36.9 Å². The van der Waals surface area contributed by atoms with Crippen molar-refractivity contribution in [2.75, 3.05) is 26.9 Å². The molecule has 0 radical (unpaired) electrons. The molecule has 1 aliphatic carbocycles. The maximum atomic E-state index is 15.1. The molecule has 284 valence electrons. The number of aliphatic hydroxyl groups is 1. The van der Waals surface area contributed by atoms with Gasteiger partial charge in [-0.15, -0.1) is 13.2 Å². The zero-order valence-electron chi connectivity index (χ0n) is 30.6. The quantitative estimate of drug-likeness (QED) is 0.175. The molecule has 6 rings (SSSR count). The van der Waals surface area contributed by atoms with Gasteiger partial charge in [0, 0.05) is 26.1 Å². The molecule has 8 atom stereocenters. The highest BCUT2D eigenvalue weighted by molar-refractivity contribution is 5.98. The molecule has 2 N–H and O–H groups in total. The summed E-state index contributed by atoms with van der Waals surface area (Å²) in [6.45, 7) is 7.60. The average molecular weight is 728 g/mol. The summed E-state index contributed by atoms with van der Waals surface area (Å²) in [5.74, 6) is -3.58. The van der Waals surface area contributed by atoms with Crippen LogP contribution in [0.3, 0.4) is 0 Å². The lowest BCUT2D eigenvalue weighted by Gasteiger charge is -2.42. The van der Waals surface area contributed by atoms with Gasteiger partial charge in [-0.05, 0) is 43.2 Å². The zero-order valence-corrected chi connectivity index (χ0v) is 30.6. The molecule has 11 heteroatoms. The van der Waals surface area contributed by atoms with Gasteiger partial charge < -0.3 is 34.4 Å². The number of rotatable bonds is 17. The first-order valence-corrected chi connectivity index (χ1v) is 19.0. The number of aliphatic hydroxyl groups excluding tert-OH is 1. The van der Waals surface area contributed by atoms with Crippen molar-refractivity contribution < 1.29 is 38.5 Å². The lowest BCUT2D eigenvalue weighted by Crippen LogP contribution is -2.59. The molecule has 53 heavy (non-hydrogen) atoms. The van der Waals surface area contributed by atoms with E-state index in [2.05, 4.69) is 18.5 Å². The molecule has 0 unspecified atom stereocenters. The number of benzene rings is 2. The van der Waals surface area contributed by atoms with Gasteiger partial charge in [-0.1, -0.05) is 92.1 Å². The molecule has 3 amide bonds. The Labute approximate surface area is 312 Å². The normalized spacial score (nSPS) is 26.7. The van der Waals surface area contributed by atoms with Crippen LogP contribution in [0.5, 0.6) is 0 Å². The van der Waals surface area contributed by atoms with Crippen LogP contribution < -0.4 is 5.32 Å². The van der Waals surface area contributed by atoms with Gasteiger partial charge in [0.25, 0.3) is 0 Å². The number of esters is 1. The number of carbonyl (C=O) groups is 4. The molecule has 3 saturated heterocycles. The number of ether oxygens (including phenoxy) is 3. The van der Waals surface area contributed by atoms with Crippen LogP contribution in [-0.4, -0.2) is 95.3 Å². The van der Waals surface area contributed by atoms with Crippen molar-refractivity contribution in [3.05, 3.63) is 97.1 Å². The first kappa shape index (κ1) is 38.4. The fourth-order valence-electron chi connectivity index (χ4n) is 9.24. The summed E-state index contributed by atoms with van der Waals surface area (Å²) in [7, 11) is 1.51. The van der Waals surface area contributed by atoms with Crippen molar-refractivity contribution in [2.24, 2.45) is 11.8 Å². The SMILES string of the molecule is C=CCCC(=O)N[C@@H](COC)[C@@H](OC(=O)[C@@H]1[C@H]2C(=O)N([C@H](CO)c3ccccc3)[C@H](C(=O)N(CC=C)C3CCCCC3)[C@]23CC[C@H]1O3)c1ccccc1. The number of nitrogens with one attached hydrogen (secondary N) is 1. The Balaban J connectivity index is 1.38. The largest absolute Gasteiger partial charge is 0.455 e. The van der Waals surface area contributed by atoms with E-state index in [1.807, 2.05) is 65.6 Å². The predicted molar refractivity (Wildman–Crippen MR) is 198 cm³/mol. The summed E-state index contributed by atoms with van der Waals surface area (Å²) in [5, 5.41) is 13.9. The highest BCUT2D eigenvalue weighted by Gasteiger charge is 2.76. The Morgan fingerprint density at radius 3 is 2.32 bits per heavy atom. The Bertz CT molecular complexity index is 1610. The van der Waals surface area contributed by atoms with Gasteiger partial charge in [0.2, 0.25) is 17.7 Å². The minimum absolute atomic E-state index is 0.0173. The fraction of sp³-hybridized carbons (Fsp3) is 0.524. The van der Waals surface area contributed by atoms with Crippen LogP contribution in [0.4, 0.5) is 0 Å². The second-order valence-corrected chi connectivity index (χ2v) is 14.7. The third kappa shape index (κ3) is 7.57. The van der Waals surface area contributed by atoms with Crippen LogP contribution >= 0.6 is 0 Å². The monoisotopic (exact) mass is 727 g/mol. The van der Waals surface area contributed by atoms with Crippen molar-refractivity contribution in [1.29, 1.82) is 0 Å². The van der Waals surface area contributed by atoms with E-state index in [1.54, 1.807) is 12.2 Å². The number of likely N-dealkylation sites (tertiary alicyclic amines) is 1. The molecule has 1 spiro atoms. The first-order chi connectivity index (χ1) is 25.8. The number of nitrogens with zero attached hydrogens (tertiary/aromatic N) is 2. The number of amides is 3. The Morgan fingerprint density at radius 2 is 1.70 bits per heavy atom. The second-order valence-electron chi connectivity index (χ2n) is 14.7. The molecule has 0 aromatic heterocycles. The molecule has 2 bridgehead atoms. The van der Waals surface area contributed by atoms with Crippen molar-refractivity contribution in [2.45, 2.75) is 99.8 Å². The van der Waals surface area contributed by atoms with Gasteiger partial charge >= 0.3 is 5.97 Å². The first-order valence-electron chi connectivity index (χ1n) is 19.0. The highest BCUT2D eigenvalue weighted by atomic mass is 16.6. The summed E-state index contributed by atoms with van der Waals surface area (Å²) >= 11 is 0. The maximum Gasteiger partial charge on any atom is 0.313 e. The van der Waals surface area contributed by atoms with E-state index in [0.717, 1.165) is 32.1 Å². The summed E-state index contributed by atoms with van der Waals surface area (Å²) in [4.78, 5) is 61.0. The van der Waals surface area contributed by atoms with Crippen LogP contribution in [0, 0.1) is 11.8 Å². The highest BCUT2D eigenvalue weighted by Crippen LogP contribution is 2.60. The predicted octanol–water partition coefficient (Wildman–Crippen LogP) is 4.82. The lowest BCUT2D eigenvalue weighted by atomic mass is 9.70. The van der Waals surface area contributed by atoms with Crippen LogP contribution in [0.15, 0.2) is 86.0 Å². The van der Waals surface area contributed by atoms with E-state index in [1.165, 1.54) is 12.0 Å². The number of hydrogen-bond donors (Lipinski definition) is 2. The molecule has 3 aliphatic heterocycles. The van der Waals surface area contributed by atoms with Crippen molar-refractivity contribution in [3.8, 4) is 0 Å². The number of allylic oxidation sites excluding steroid dienone is 1. The van der Waals surface area contributed by atoms with Crippen LogP contribution in [0.25, 0.3) is 0 Å². The van der Waals surface area contributed by atoms with Gasteiger partial charge in [-0.3, -0.25) is 19.2 Å². The van der Waals surface area contributed by atoms with Gasteiger partial charge in [0.1, 0.15) is 17.7 Å². The van der Waals surface area contributed by atoms with Crippen LogP contribution in [-0.2, 0) is 33.4 Å². The average Bonchev–Trinajstić information content (AvgIpc) is 3.83. The Hall–Kier alpha value is -4.32. The van der Waals surface area contributed by atoms with Gasteiger partial charge in [0.15, 0.2) is 0 Å². The fourth-order valence-corrected chi connectivity index (χ4v) is 9.24. The molecule has 3 heterocycles. The van der Waals surface area contributed by atoms with Crippen LogP contribution in [0.1, 0.15) is 81.1 Å². The van der Waals surface area contributed by atoms with Crippen LogP contribution in [0.2, 0.25) is 0 Å². The lowest BCUT2D eigenvalue weighted by molar-refractivity contribution is -0.163. The van der Waals surface area contributed by atoms with Gasteiger partial charge in [-0.25, -0.2) is 0 Å². The second kappa shape index (κ2) is 17.2. The molecule has 11 nitrogen and oxygen atoms in total. The number of methoxy groups -OCH3 is 1. The van der Waals surface area contributed by atoms with Gasteiger partial charge in [0.05, 0.1) is 43.2 Å². The van der Waals surface area contributed by atoms with E-state index in [-0.39, 0.29) is 30.9 Å². The molecule has 4 aliphatic rings. The minimum Gasteiger partial charge on any atom is -0.455 e. The summed E-state index contributed by atoms with van der Waals surface area (Å²) in [6, 6.07) is 15.6. The molecule has 4 fully saturated rings. The summed E-state index contributed by atoms with van der Waals surface area (Å²) in [6.07, 6.45) is 8.14. The van der Waals surface area contributed by atoms with Crippen molar-refractivity contribution >= 4 is 23.7 Å².